The van der Waals surface area contributed by atoms with Crippen molar-refractivity contribution in [1.82, 2.24) is 9.97 Å². The van der Waals surface area contributed by atoms with Gasteiger partial charge in [0.1, 0.15) is 0 Å². The summed E-state index contributed by atoms with van der Waals surface area (Å²) in [5.74, 6) is 0.0920. The summed E-state index contributed by atoms with van der Waals surface area (Å²) in [6.45, 7) is 3.72. The molecule has 0 atom stereocenters. The zero-order chi connectivity index (χ0) is 20.0. The quantitative estimate of drug-likeness (QED) is 0.526. The van der Waals surface area contributed by atoms with Crippen molar-refractivity contribution in [3.63, 3.8) is 0 Å². The van der Waals surface area contributed by atoms with Gasteiger partial charge in [-0.1, -0.05) is 35.9 Å². The van der Waals surface area contributed by atoms with Gasteiger partial charge in [-0.15, -0.1) is 0 Å². The summed E-state index contributed by atoms with van der Waals surface area (Å²) in [6, 6.07) is 14.0. The Hall–Kier alpha value is -2.22. The molecule has 3 aromatic rings. The number of anilines is 1. The van der Waals surface area contributed by atoms with E-state index < -0.39 is 9.84 Å². The van der Waals surface area contributed by atoms with Crippen molar-refractivity contribution in [2.75, 3.05) is 25.1 Å². The molecule has 0 saturated heterocycles. The molecule has 148 valence electrons. The average Bonchev–Trinajstić information content (AvgIpc) is 2.69. The summed E-state index contributed by atoms with van der Waals surface area (Å²) >= 11 is 5.89. The Bertz CT molecular complexity index is 1040. The predicted molar refractivity (Wildman–Crippen MR) is 111 cm³/mol. The van der Waals surface area contributed by atoms with Crippen LogP contribution in [0.25, 0.3) is 11.0 Å². The van der Waals surface area contributed by atoms with Crippen LogP contribution in [0.15, 0.2) is 53.6 Å². The largest absolute Gasteiger partial charge is 0.382 e. The maximum atomic E-state index is 13.1. The van der Waals surface area contributed by atoms with Crippen LogP contribution >= 0.6 is 11.6 Å². The van der Waals surface area contributed by atoms with E-state index in [1.54, 1.807) is 30.3 Å². The van der Waals surface area contributed by atoms with Crippen molar-refractivity contribution < 1.29 is 13.2 Å². The number of rotatable bonds is 9. The van der Waals surface area contributed by atoms with Crippen molar-refractivity contribution >= 4 is 38.3 Å². The molecule has 3 rings (SSSR count). The summed E-state index contributed by atoms with van der Waals surface area (Å²) in [5.41, 5.74) is 1.82. The zero-order valence-corrected chi connectivity index (χ0v) is 17.1. The summed E-state index contributed by atoms with van der Waals surface area (Å²) in [5, 5.41) is 3.63. The lowest BCUT2D eigenvalue weighted by atomic mass is 10.2. The predicted octanol–water partition coefficient (Wildman–Crippen LogP) is 4.10. The number of nitrogens with one attached hydrogen (secondary N) is 1. The van der Waals surface area contributed by atoms with Gasteiger partial charge in [0.15, 0.2) is 10.8 Å². The Balaban J connectivity index is 1.91. The van der Waals surface area contributed by atoms with Crippen molar-refractivity contribution in [2.24, 2.45) is 0 Å². The molecule has 0 spiro atoms. The molecule has 0 aliphatic carbocycles. The minimum absolute atomic E-state index is 0.0439. The van der Waals surface area contributed by atoms with Gasteiger partial charge >= 0.3 is 0 Å². The standard InChI is InChI=1S/C20H22ClN3O3S/c1-2-27-13-5-12-22-19-20(24-18-7-4-3-6-17(18)23-19)28(25,26)14-15-8-10-16(21)11-9-15/h3-4,6-11H,2,5,12-14H2,1H3,(H,22,23). The number of benzene rings is 2. The normalized spacial score (nSPS) is 11.6. The number of hydrogen-bond acceptors (Lipinski definition) is 6. The van der Waals surface area contributed by atoms with Crippen LogP contribution in [0.1, 0.15) is 18.9 Å². The van der Waals surface area contributed by atoms with E-state index in [0.29, 0.717) is 41.4 Å². The minimum Gasteiger partial charge on any atom is -0.382 e. The Morgan fingerprint density at radius 3 is 2.39 bits per heavy atom. The molecule has 1 aromatic heterocycles. The molecule has 0 bridgehead atoms. The third kappa shape index (κ3) is 5.19. The lowest BCUT2D eigenvalue weighted by Gasteiger charge is -2.12. The topological polar surface area (TPSA) is 81.2 Å². The molecule has 0 radical (unpaired) electrons. The summed E-state index contributed by atoms with van der Waals surface area (Å²) in [6.07, 6.45) is 0.735. The zero-order valence-electron chi connectivity index (χ0n) is 15.6. The van der Waals surface area contributed by atoms with Crippen LogP contribution < -0.4 is 5.32 Å². The third-order valence-electron chi connectivity index (χ3n) is 4.07. The minimum atomic E-state index is -3.71. The highest BCUT2D eigenvalue weighted by Crippen LogP contribution is 2.25. The number of ether oxygens (including phenoxy) is 1. The van der Waals surface area contributed by atoms with Crippen molar-refractivity contribution in [3.8, 4) is 0 Å². The number of fused-ring (bicyclic) bond motifs is 1. The van der Waals surface area contributed by atoms with Crippen LogP contribution in [0.5, 0.6) is 0 Å². The average molecular weight is 420 g/mol. The number of hydrogen-bond donors (Lipinski definition) is 1. The van der Waals surface area contributed by atoms with E-state index in [-0.39, 0.29) is 16.6 Å². The third-order valence-corrected chi connectivity index (χ3v) is 5.90. The smallest absolute Gasteiger partial charge is 0.203 e. The number of aromatic nitrogens is 2. The van der Waals surface area contributed by atoms with E-state index in [9.17, 15) is 8.42 Å². The molecular weight excluding hydrogens is 398 g/mol. The lowest BCUT2D eigenvalue weighted by Crippen LogP contribution is -2.15. The first kappa shape index (κ1) is 20.5. The van der Waals surface area contributed by atoms with Crippen LogP contribution in [0, 0.1) is 0 Å². The fourth-order valence-corrected chi connectivity index (χ4v) is 4.25. The molecule has 0 fully saturated rings. The Labute approximate surface area is 169 Å². The second kappa shape index (κ2) is 9.32. The summed E-state index contributed by atoms with van der Waals surface area (Å²) in [4.78, 5) is 8.91. The molecule has 2 aromatic carbocycles. The molecule has 8 heteroatoms. The van der Waals surface area contributed by atoms with Gasteiger partial charge in [-0.25, -0.2) is 18.4 Å². The van der Waals surface area contributed by atoms with E-state index in [0.717, 1.165) is 6.42 Å². The Morgan fingerprint density at radius 2 is 1.71 bits per heavy atom. The molecule has 0 aliphatic rings. The Kier molecular flexibility index (Phi) is 6.83. The van der Waals surface area contributed by atoms with Gasteiger partial charge in [0, 0.05) is 24.8 Å². The van der Waals surface area contributed by atoms with Gasteiger partial charge < -0.3 is 10.1 Å². The number of nitrogens with zero attached hydrogens (tertiary/aromatic N) is 2. The van der Waals surface area contributed by atoms with Crippen LogP contribution in [-0.4, -0.2) is 38.1 Å². The van der Waals surface area contributed by atoms with Crippen LogP contribution in [-0.2, 0) is 20.3 Å². The number of para-hydroxylation sites is 2. The van der Waals surface area contributed by atoms with Gasteiger partial charge in [-0.2, -0.15) is 0 Å². The molecule has 0 saturated carbocycles. The van der Waals surface area contributed by atoms with Crippen LogP contribution in [0.2, 0.25) is 5.02 Å². The summed E-state index contributed by atoms with van der Waals surface area (Å²) < 4.78 is 31.5. The van der Waals surface area contributed by atoms with Gasteiger partial charge in [0.2, 0.25) is 9.84 Å². The van der Waals surface area contributed by atoms with Gasteiger partial charge in [0.05, 0.1) is 16.8 Å². The highest BCUT2D eigenvalue weighted by atomic mass is 35.5. The first-order valence-corrected chi connectivity index (χ1v) is 11.1. The van der Waals surface area contributed by atoms with E-state index >= 15 is 0 Å². The Morgan fingerprint density at radius 1 is 1.04 bits per heavy atom. The fourth-order valence-electron chi connectivity index (χ4n) is 2.71. The summed E-state index contributed by atoms with van der Waals surface area (Å²) in [7, 11) is -3.71. The van der Waals surface area contributed by atoms with E-state index in [2.05, 4.69) is 15.3 Å². The molecule has 6 nitrogen and oxygen atoms in total. The number of sulfone groups is 1. The fraction of sp³-hybridized carbons (Fsp3) is 0.300. The highest BCUT2D eigenvalue weighted by molar-refractivity contribution is 7.90. The van der Waals surface area contributed by atoms with Gasteiger partial charge in [-0.05, 0) is 43.2 Å². The maximum Gasteiger partial charge on any atom is 0.203 e. The molecule has 0 aliphatic heterocycles. The van der Waals surface area contributed by atoms with Crippen molar-refractivity contribution in [1.29, 1.82) is 0 Å². The van der Waals surface area contributed by atoms with Gasteiger partial charge in [-0.3, -0.25) is 0 Å². The van der Waals surface area contributed by atoms with Crippen molar-refractivity contribution in [3.05, 3.63) is 59.1 Å². The number of halogens is 1. The molecular formula is C20H22ClN3O3S. The van der Waals surface area contributed by atoms with Gasteiger partial charge in [0.25, 0.3) is 0 Å². The van der Waals surface area contributed by atoms with Crippen LogP contribution in [0.4, 0.5) is 5.82 Å². The first-order valence-electron chi connectivity index (χ1n) is 9.05. The lowest BCUT2D eigenvalue weighted by molar-refractivity contribution is 0.147. The van der Waals surface area contributed by atoms with E-state index in [1.165, 1.54) is 0 Å². The molecule has 1 N–H and O–H groups in total. The molecule has 0 amide bonds. The van der Waals surface area contributed by atoms with Crippen LogP contribution in [0.3, 0.4) is 0 Å². The first-order chi connectivity index (χ1) is 13.5. The molecule has 28 heavy (non-hydrogen) atoms. The monoisotopic (exact) mass is 419 g/mol. The highest BCUT2D eigenvalue weighted by Gasteiger charge is 2.23. The van der Waals surface area contributed by atoms with Crippen molar-refractivity contribution in [2.45, 2.75) is 24.1 Å². The second-order valence-corrected chi connectivity index (χ2v) is 8.57. The van der Waals surface area contributed by atoms with E-state index in [4.69, 9.17) is 16.3 Å². The SMILES string of the molecule is CCOCCCNc1nc2ccccc2nc1S(=O)(=O)Cc1ccc(Cl)cc1. The second-order valence-electron chi connectivity index (χ2n) is 6.23. The molecule has 1 heterocycles. The maximum absolute atomic E-state index is 13.1. The molecule has 0 unspecified atom stereocenters. The van der Waals surface area contributed by atoms with E-state index in [1.807, 2.05) is 25.1 Å².